The third-order valence-corrected chi connectivity index (χ3v) is 3.04. The lowest BCUT2D eigenvalue weighted by atomic mass is 10.2. The van der Waals surface area contributed by atoms with Crippen molar-refractivity contribution in [2.75, 3.05) is 12.4 Å². The molecule has 0 spiro atoms. The van der Waals surface area contributed by atoms with Crippen LogP contribution in [0.1, 0.15) is 16.1 Å². The molecule has 2 N–H and O–H groups in total. The van der Waals surface area contributed by atoms with Crippen LogP contribution < -0.4 is 10.1 Å². The average molecular weight is 300 g/mol. The fourth-order valence-corrected chi connectivity index (χ4v) is 1.93. The maximum absolute atomic E-state index is 11.3. The number of fused-ring (bicyclic) bond motifs is 1. The van der Waals surface area contributed by atoms with Crippen LogP contribution in [0.2, 0.25) is 0 Å². The Labute approximate surface area is 124 Å². The highest BCUT2D eigenvalue weighted by atomic mass is 16.5. The number of nitrogens with one attached hydrogen (secondary N) is 1. The predicted octanol–water partition coefficient (Wildman–Crippen LogP) is 0.838. The maximum Gasteiger partial charge on any atom is 0.358 e. The van der Waals surface area contributed by atoms with Gasteiger partial charge in [0.25, 0.3) is 0 Å². The first-order chi connectivity index (χ1) is 10.7. The van der Waals surface area contributed by atoms with E-state index in [0.717, 1.165) is 15.9 Å². The Kier molecular flexibility index (Phi) is 3.52. The summed E-state index contributed by atoms with van der Waals surface area (Å²) in [4.78, 5) is 11.3. The molecule has 0 aliphatic carbocycles. The van der Waals surface area contributed by atoms with Gasteiger partial charge in [0.2, 0.25) is 5.65 Å². The largest absolute Gasteiger partial charge is 0.497 e. The van der Waals surface area contributed by atoms with E-state index >= 15 is 0 Å². The lowest BCUT2D eigenvalue weighted by Gasteiger charge is -2.09. The minimum Gasteiger partial charge on any atom is -0.497 e. The first kappa shape index (κ1) is 13.7. The minimum atomic E-state index is -1.16. The third-order valence-electron chi connectivity index (χ3n) is 3.04. The van der Waals surface area contributed by atoms with E-state index in [2.05, 4.69) is 25.9 Å². The van der Waals surface area contributed by atoms with Crippen molar-refractivity contribution < 1.29 is 14.6 Å². The van der Waals surface area contributed by atoms with Crippen LogP contribution in [0.5, 0.6) is 5.75 Å². The summed E-state index contributed by atoms with van der Waals surface area (Å²) in [6.45, 7) is 0.434. The van der Waals surface area contributed by atoms with Crippen LogP contribution in [-0.4, -0.2) is 43.4 Å². The zero-order chi connectivity index (χ0) is 15.5. The molecule has 0 saturated carbocycles. The SMILES string of the molecule is COc1ccc(CNc2cc3nnnn3nc2C(=O)O)cc1. The number of hydrogen-bond donors (Lipinski definition) is 2. The molecule has 9 heteroatoms. The number of methoxy groups -OCH3 is 1. The fourth-order valence-electron chi connectivity index (χ4n) is 1.93. The van der Waals surface area contributed by atoms with Crippen LogP contribution in [0.4, 0.5) is 5.69 Å². The van der Waals surface area contributed by atoms with Crippen molar-refractivity contribution in [3.63, 3.8) is 0 Å². The van der Waals surface area contributed by atoms with Gasteiger partial charge in [-0.15, -0.1) is 14.8 Å². The first-order valence-corrected chi connectivity index (χ1v) is 6.37. The van der Waals surface area contributed by atoms with E-state index in [4.69, 9.17) is 4.74 Å². The number of aromatic nitrogens is 5. The molecule has 9 nitrogen and oxygen atoms in total. The number of tetrazole rings is 1. The van der Waals surface area contributed by atoms with E-state index in [1.165, 1.54) is 0 Å². The topological polar surface area (TPSA) is 115 Å². The molecule has 0 radical (unpaired) electrons. The molecule has 0 atom stereocenters. The van der Waals surface area contributed by atoms with Crippen LogP contribution in [0.15, 0.2) is 30.3 Å². The number of hydrogen-bond acceptors (Lipinski definition) is 7. The molecule has 1 aromatic carbocycles. The van der Waals surface area contributed by atoms with Gasteiger partial charge in [0.15, 0.2) is 5.69 Å². The predicted molar refractivity (Wildman–Crippen MR) is 75.9 cm³/mol. The Balaban J connectivity index is 1.85. The molecular formula is C13H12N6O3. The van der Waals surface area contributed by atoms with Crippen molar-refractivity contribution in [2.24, 2.45) is 0 Å². The van der Waals surface area contributed by atoms with Gasteiger partial charge in [0, 0.05) is 12.6 Å². The average Bonchev–Trinajstić information content (AvgIpc) is 2.99. The molecule has 0 unspecified atom stereocenters. The summed E-state index contributed by atoms with van der Waals surface area (Å²) in [5.74, 6) is -0.401. The summed E-state index contributed by atoms with van der Waals surface area (Å²) >= 11 is 0. The lowest BCUT2D eigenvalue weighted by molar-refractivity contribution is 0.0689. The quantitative estimate of drug-likeness (QED) is 0.712. The Bertz CT molecular complexity index is 814. The molecule has 0 saturated heterocycles. The molecule has 112 valence electrons. The second-order valence-electron chi connectivity index (χ2n) is 4.44. The Hall–Kier alpha value is -3.23. The van der Waals surface area contributed by atoms with Gasteiger partial charge >= 0.3 is 5.97 Å². The zero-order valence-electron chi connectivity index (χ0n) is 11.6. The Morgan fingerprint density at radius 1 is 1.36 bits per heavy atom. The fraction of sp³-hybridized carbons (Fsp3) is 0.154. The number of rotatable bonds is 5. The number of aromatic carboxylic acids is 1. The summed E-state index contributed by atoms with van der Waals surface area (Å²) < 4.78 is 6.16. The van der Waals surface area contributed by atoms with Crippen molar-refractivity contribution in [1.82, 2.24) is 25.3 Å². The van der Waals surface area contributed by atoms with E-state index in [1.54, 1.807) is 13.2 Å². The van der Waals surface area contributed by atoms with Crippen molar-refractivity contribution in [3.8, 4) is 5.75 Å². The van der Waals surface area contributed by atoms with Crippen LogP contribution in [0.25, 0.3) is 5.65 Å². The molecule has 22 heavy (non-hydrogen) atoms. The molecule has 3 rings (SSSR count). The second kappa shape index (κ2) is 5.64. The highest BCUT2D eigenvalue weighted by Crippen LogP contribution is 2.17. The number of carboxylic acid groups (broad SMARTS) is 1. The summed E-state index contributed by atoms with van der Waals surface area (Å²) in [7, 11) is 1.60. The molecule has 0 amide bonds. The van der Waals surface area contributed by atoms with Crippen LogP contribution in [0, 0.1) is 0 Å². The Morgan fingerprint density at radius 3 is 2.82 bits per heavy atom. The monoisotopic (exact) mass is 300 g/mol. The Morgan fingerprint density at radius 2 is 2.14 bits per heavy atom. The van der Waals surface area contributed by atoms with Crippen molar-refractivity contribution in [1.29, 1.82) is 0 Å². The number of carboxylic acids is 1. The van der Waals surface area contributed by atoms with Crippen molar-refractivity contribution >= 4 is 17.3 Å². The first-order valence-electron chi connectivity index (χ1n) is 6.37. The van der Waals surface area contributed by atoms with Crippen molar-refractivity contribution in [3.05, 3.63) is 41.6 Å². The molecule has 0 fully saturated rings. The van der Waals surface area contributed by atoms with E-state index in [1.807, 2.05) is 24.3 Å². The molecule has 3 aromatic rings. The summed E-state index contributed by atoms with van der Waals surface area (Å²) in [5, 5.41) is 26.9. The second-order valence-corrected chi connectivity index (χ2v) is 4.44. The van der Waals surface area contributed by atoms with Gasteiger partial charge in [-0.05, 0) is 28.1 Å². The molecule has 0 aliphatic heterocycles. The summed E-state index contributed by atoms with van der Waals surface area (Å²) in [6, 6.07) is 8.98. The van der Waals surface area contributed by atoms with Gasteiger partial charge in [-0.2, -0.15) is 0 Å². The number of nitrogens with zero attached hydrogens (tertiary/aromatic N) is 5. The van der Waals surface area contributed by atoms with Gasteiger partial charge < -0.3 is 15.2 Å². The van der Waals surface area contributed by atoms with Crippen LogP contribution in [-0.2, 0) is 6.54 Å². The standard InChI is InChI=1S/C13H12N6O3/c1-22-9-4-2-8(3-5-9)7-14-10-6-11-15-17-18-19(11)16-12(10)13(20)21/h2-6,14H,7H2,1H3,(H,20,21). The van der Waals surface area contributed by atoms with E-state index < -0.39 is 5.97 Å². The highest BCUT2D eigenvalue weighted by Gasteiger charge is 2.15. The van der Waals surface area contributed by atoms with E-state index in [9.17, 15) is 9.90 Å². The minimum absolute atomic E-state index is 0.145. The van der Waals surface area contributed by atoms with E-state index in [0.29, 0.717) is 17.9 Å². The normalized spacial score (nSPS) is 10.6. The zero-order valence-corrected chi connectivity index (χ0v) is 11.6. The summed E-state index contributed by atoms with van der Waals surface area (Å²) in [6.07, 6.45) is 0. The molecular weight excluding hydrogens is 288 g/mol. The smallest absolute Gasteiger partial charge is 0.358 e. The van der Waals surface area contributed by atoms with E-state index in [-0.39, 0.29) is 5.69 Å². The lowest BCUT2D eigenvalue weighted by Crippen LogP contribution is -2.12. The molecule has 0 bridgehead atoms. The number of benzene rings is 1. The van der Waals surface area contributed by atoms with Crippen LogP contribution in [0.3, 0.4) is 0 Å². The maximum atomic E-state index is 11.3. The number of anilines is 1. The third kappa shape index (κ3) is 2.64. The van der Waals surface area contributed by atoms with Gasteiger partial charge in [-0.1, -0.05) is 12.1 Å². The van der Waals surface area contributed by atoms with Gasteiger partial charge in [0.05, 0.1) is 12.8 Å². The van der Waals surface area contributed by atoms with Gasteiger partial charge in [-0.3, -0.25) is 0 Å². The number of ether oxygens (including phenoxy) is 1. The number of carbonyl (C=O) groups is 1. The molecule has 2 aromatic heterocycles. The van der Waals surface area contributed by atoms with Gasteiger partial charge in [0.1, 0.15) is 5.75 Å². The van der Waals surface area contributed by atoms with Crippen molar-refractivity contribution in [2.45, 2.75) is 6.54 Å². The van der Waals surface area contributed by atoms with Gasteiger partial charge in [-0.25, -0.2) is 4.79 Å². The molecule has 0 aliphatic rings. The van der Waals surface area contributed by atoms with Crippen LogP contribution >= 0.6 is 0 Å². The molecule has 2 heterocycles. The highest BCUT2D eigenvalue weighted by molar-refractivity contribution is 5.92. The summed E-state index contributed by atoms with van der Waals surface area (Å²) in [5.41, 5.74) is 1.54.